The summed E-state index contributed by atoms with van der Waals surface area (Å²) in [6.07, 6.45) is 2.50. The Kier molecular flexibility index (Phi) is 4.10. The standard InChI is InChI=1S/C10H19N3O/c1-4-5-11-6-10(14)9-7-13(3)12-8(9)2/h7,10-11,14H,4-6H2,1-3H3. The molecule has 1 aromatic heterocycles. The molecule has 0 radical (unpaired) electrons. The van der Waals surface area contributed by atoms with Gasteiger partial charge in [0.15, 0.2) is 0 Å². The number of hydrogen-bond donors (Lipinski definition) is 2. The second-order valence-corrected chi connectivity index (χ2v) is 3.56. The molecular weight excluding hydrogens is 178 g/mol. The molecule has 4 heteroatoms. The first-order valence-electron chi connectivity index (χ1n) is 5.04. The van der Waals surface area contributed by atoms with Crippen LogP contribution < -0.4 is 5.32 Å². The predicted molar refractivity (Wildman–Crippen MR) is 56.1 cm³/mol. The normalized spacial score (nSPS) is 13.1. The molecule has 2 N–H and O–H groups in total. The van der Waals surface area contributed by atoms with Crippen molar-refractivity contribution in [3.63, 3.8) is 0 Å². The number of aryl methyl sites for hydroxylation is 2. The Hall–Kier alpha value is -0.870. The van der Waals surface area contributed by atoms with Crippen LogP contribution in [0.1, 0.15) is 30.7 Å². The number of aliphatic hydroxyl groups excluding tert-OH is 1. The van der Waals surface area contributed by atoms with Crippen LogP contribution in [0.2, 0.25) is 0 Å². The molecular formula is C10H19N3O. The number of hydrogen-bond acceptors (Lipinski definition) is 3. The van der Waals surface area contributed by atoms with Crippen LogP contribution in [0.25, 0.3) is 0 Å². The SMILES string of the molecule is CCCNCC(O)c1cn(C)nc1C. The Bertz CT molecular complexity index is 283. The summed E-state index contributed by atoms with van der Waals surface area (Å²) in [6, 6.07) is 0. The molecule has 4 nitrogen and oxygen atoms in total. The smallest absolute Gasteiger partial charge is 0.0947 e. The van der Waals surface area contributed by atoms with Crippen molar-refractivity contribution in [2.75, 3.05) is 13.1 Å². The minimum atomic E-state index is -0.449. The van der Waals surface area contributed by atoms with E-state index in [1.165, 1.54) is 0 Å². The van der Waals surface area contributed by atoms with Gasteiger partial charge in [0.05, 0.1) is 11.8 Å². The zero-order valence-corrected chi connectivity index (χ0v) is 9.12. The largest absolute Gasteiger partial charge is 0.387 e. The Morgan fingerprint density at radius 3 is 2.86 bits per heavy atom. The van der Waals surface area contributed by atoms with Crippen molar-refractivity contribution in [3.8, 4) is 0 Å². The maximum absolute atomic E-state index is 9.83. The van der Waals surface area contributed by atoms with Gasteiger partial charge < -0.3 is 10.4 Å². The summed E-state index contributed by atoms with van der Waals surface area (Å²) in [6.45, 7) is 5.56. The lowest BCUT2D eigenvalue weighted by atomic mass is 10.1. The van der Waals surface area contributed by atoms with Gasteiger partial charge in [0, 0.05) is 25.4 Å². The summed E-state index contributed by atoms with van der Waals surface area (Å²) in [5, 5.41) is 17.2. The lowest BCUT2D eigenvalue weighted by Crippen LogP contribution is -2.22. The van der Waals surface area contributed by atoms with Crippen molar-refractivity contribution in [2.24, 2.45) is 7.05 Å². The molecule has 0 aromatic carbocycles. The van der Waals surface area contributed by atoms with Crippen LogP contribution in [-0.2, 0) is 7.05 Å². The Morgan fingerprint density at radius 1 is 1.64 bits per heavy atom. The fourth-order valence-electron chi connectivity index (χ4n) is 1.47. The highest BCUT2D eigenvalue weighted by atomic mass is 16.3. The van der Waals surface area contributed by atoms with Crippen molar-refractivity contribution in [3.05, 3.63) is 17.5 Å². The molecule has 80 valence electrons. The average molecular weight is 197 g/mol. The lowest BCUT2D eigenvalue weighted by molar-refractivity contribution is 0.174. The van der Waals surface area contributed by atoms with Gasteiger partial charge in [0.25, 0.3) is 0 Å². The third-order valence-corrected chi connectivity index (χ3v) is 2.17. The highest BCUT2D eigenvalue weighted by Gasteiger charge is 2.12. The average Bonchev–Trinajstić information content (AvgIpc) is 2.45. The van der Waals surface area contributed by atoms with E-state index in [1.807, 2.05) is 20.2 Å². The molecule has 0 saturated carbocycles. The van der Waals surface area contributed by atoms with Crippen LogP contribution in [0, 0.1) is 6.92 Å². The number of rotatable bonds is 5. The van der Waals surface area contributed by atoms with E-state index in [0.717, 1.165) is 24.2 Å². The number of nitrogens with zero attached hydrogens (tertiary/aromatic N) is 2. The first kappa shape index (κ1) is 11.2. The Labute approximate surface area is 84.9 Å². The highest BCUT2D eigenvalue weighted by molar-refractivity contribution is 5.18. The van der Waals surface area contributed by atoms with Gasteiger partial charge >= 0.3 is 0 Å². The van der Waals surface area contributed by atoms with E-state index in [-0.39, 0.29) is 0 Å². The van der Waals surface area contributed by atoms with E-state index >= 15 is 0 Å². The van der Waals surface area contributed by atoms with Crippen molar-refractivity contribution in [1.82, 2.24) is 15.1 Å². The van der Waals surface area contributed by atoms with Gasteiger partial charge in [-0.3, -0.25) is 4.68 Å². The zero-order chi connectivity index (χ0) is 10.6. The monoisotopic (exact) mass is 197 g/mol. The van der Waals surface area contributed by atoms with Gasteiger partial charge in [-0.25, -0.2) is 0 Å². The fourth-order valence-corrected chi connectivity index (χ4v) is 1.47. The minimum Gasteiger partial charge on any atom is -0.387 e. The molecule has 1 unspecified atom stereocenters. The van der Waals surface area contributed by atoms with Crippen LogP contribution in [0.3, 0.4) is 0 Å². The van der Waals surface area contributed by atoms with Gasteiger partial charge in [0.1, 0.15) is 0 Å². The number of aliphatic hydroxyl groups is 1. The van der Waals surface area contributed by atoms with Crippen LogP contribution in [0.15, 0.2) is 6.20 Å². The quantitative estimate of drug-likeness (QED) is 0.685. The molecule has 0 amide bonds. The molecule has 14 heavy (non-hydrogen) atoms. The molecule has 0 fully saturated rings. The van der Waals surface area contributed by atoms with Crippen LogP contribution >= 0.6 is 0 Å². The molecule has 0 aliphatic heterocycles. The van der Waals surface area contributed by atoms with E-state index < -0.39 is 6.10 Å². The van der Waals surface area contributed by atoms with Gasteiger partial charge in [-0.2, -0.15) is 5.10 Å². The number of nitrogens with one attached hydrogen (secondary N) is 1. The van der Waals surface area contributed by atoms with E-state index in [0.29, 0.717) is 6.54 Å². The Morgan fingerprint density at radius 2 is 2.36 bits per heavy atom. The maximum atomic E-state index is 9.83. The summed E-state index contributed by atoms with van der Waals surface area (Å²) >= 11 is 0. The van der Waals surface area contributed by atoms with Gasteiger partial charge in [-0.15, -0.1) is 0 Å². The predicted octanol–water partition coefficient (Wildman–Crippen LogP) is 0.762. The van der Waals surface area contributed by atoms with Crippen molar-refractivity contribution < 1.29 is 5.11 Å². The third-order valence-electron chi connectivity index (χ3n) is 2.17. The molecule has 1 heterocycles. The molecule has 0 aliphatic rings. The first-order valence-corrected chi connectivity index (χ1v) is 5.04. The first-order chi connectivity index (χ1) is 6.65. The van der Waals surface area contributed by atoms with E-state index in [2.05, 4.69) is 17.3 Å². The molecule has 0 aliphatic carbocycles. The topological polar surface area (TPSA) is 50.1 Å². The van der Waals surface area contributed by atoms with Crippen LogP contribution in [0.4, 0.5) is 0 Å². The van der Waals surface area contributed by atoms with Gasteiger partial charge in [-0.05, 0) is 19.9 Å². The van der Waals surface area contributed by atoms with Crippen molar-refractivity contribution >= 4 is 0 Å². The van der Waals surface area contributed by atoms with Crippen LogP contribution in [0.5, 0.6) is 0 Å². The zero-order valence-electron chi connectivity index (χ0n) is 9.12. The maximum Gasteiger partial charge on any atom is 0.0947 e. The van der Waals surface area contributed by atoms with E-state index in [4.69, 9.17) is 0 Å². The molecule has 1 rings (SSSR count). The molecule has 0 bridgehead atoms. The summed E-state index contributed by atoms with van der Waals surface area (Å²) in [7, 11) is 1.86. The summed E-state index contributed by atoms with van der Waals surface area (Å²) in [4.78, 5) is 0. The summed E-state index contributed by atoms with van der Waals surface area (Å²) in [5.74, 6) is 0. The minimum absolute atomic E-state index is 0.449. The van der Waals surface area contributed by atoms with Gasteiger partial charge in [0.2, 0.25) is 0 Å². The molecule has 1 aromatic rings. The molecule has 0 spiro atoms. The second-order valence-electron chi connectivity index (χ2n) is 3.56. The lowest BCUT2D eigenvalue weighted by Gasteiger charge is -2.09. The second kappa shape index (κ2) is 5.12. The van der Waals surface area contributed by atoms with Crippen LogP contribution in [-0.4, -0.2) is 28.0 Å². The molecule has 1 atom stereocenters. The summed E-state index contributed by atoms with van der Waals surface area (Å²) < 4.78 is 1.73. The van der Waals surface area contributed by atoms with Crippen molar-refractivity contribution in [1.29, 1.82) is 0 Å². The van der Waals surface area contributed by atoms with Gasteiger partial charge in [-0.1, -0.05) is 6.92 Å². The third kappa shape index (κ3) is 2.82. The fraction of sp³-hybridized carbons (Fsp3) is 0.700. The highest BCUT2D eigenvalue weighted by Crippen LogP contribution is 2.14. The van der Waals surface area contributed by atoms with E-state index in [9.17, 15) is 5.11 Å². The number of aromatic nitrogens is 2. The van der Waals surface area contributed by atoms with E-state index in [1.54, 1.807) is 4.68 Å². The van der Waals surface area contributed by atoms with Crippen molar-refractivity contribution in [2.45, 2.75) is 26.4 Å². The summed E-state index contributed by atoms with van der Waals surface area (Å²) in [5.41, 5.74) is 1.81. The molecule has 0 saturated heterocycles. The Balaban J connectivity index is 2.51.